The highest BCUT2D eigenvalue weighted by molar-refractivity contribution is 6.29. The number of carbonyl (C=O) groups excluding carboxylic acids is 1. The third-order valence-corrected chi connectivity index (χ3v) is 2.84. The van der Waals surface area contributed by atoms with Gasteiger partial charge in [0.2, 0.25) is 5.91 Å². The highest BCUT2D eigenvalue weighted by atomic mass is 35.5. The molecule has 0 aromatic heterocycles. The topological polar surface area (TPSA) is 44.1 Å². The van der Waals surface area contributed by atoms with Crippen LogP contribution < -0.4 is 4.90 Å². The maximum Gasteiger partial charge on any atom is 0.242 e. The van der Waals surface area contributed by atoms with Crippen molar-refractivity contribution in [2.75, 3.05) is 17.3 Å². The molecule has 0 aliphatic rings. The number of anilines is 1. The van der Waals surface area contributed by atoms with Gasteiger partial charge in [-0.25, -0.2) is 0 Å². The summed E-state index contributed by atoms with van der Waals surface area (Å²) in [5.74, 6) is -0.351. The monoisotopic (exact) mass is 250 g/mol. The molecule has 0 atom stereocenters. The van der Waals surface area contributed by atoms with E-state index in [1.165, 1.54) is 4.90 Å². The van der Waals surface area contributed by atoms with Crippen molar-refractivity contribution in [2.45, 2.75) is 20.3 Å². The first-order valence-electron chi connectivity index (χ1n) is 5.47. The Bertz CT molecular complexity index is 451. The van der Waals surface area contributed by atoms with Crippen LogP contribution in [0.2, 0.25) is 0 Å². The lowest BCUT2D eigenvalue weighted by Crippen LogP contribution is -2.33. The van der Waals surface area contributed by atoms with E-state index in [0.29, 0.717) is 0 Å². The molecule has 17 heavy (non-hydrogen) atoms. The van der Waals surface area contributed by atoms with Gasteiger partial charge in [0.25, 0.3) is 0 Å². The van der Waals surface area contributed by atoms with E-state index in [4.69, 9.17) is 16.9 Å². The van der Waals surface area contributed by atoms with Crippen LogP contribution in [-0.2, 0) is 11.2 Å². The zero-order valence-corrected chi connectivity index (χ0v) is 10.8. The largest absolute Gasteiger partial charge is 0.297 e. The summed E-state index contributed by atoms with van der Waals surface area (Å²) in [6, 6.07) is 7.86. The first-order valence-corrected chi connectivity index (χ1v) is 6.00. The summed E-state index contributed by atoms with van der Waals surface area (Å²) in [6.45, 7) is 3.98. The second-order valence-corrected chi connectivity index (χ2v) is 3.98. The Morgan fingerprint density at radius 2 is 2.24 bits per heavy atom. The van der Waals surface area contributed by atoms with E-state index >= 15 is 0 Å². The van der Waals surface area contributed by atoms with Gasteiger partial charge in [-0.05, 0) is 24.5 Å². The molecule has 0 aliphatic carbocycles. The van der Waals surface area contributed by atoms with Gasteiger partial charge in [-0.15, -0.1) is 11.6 Å². The molecule has 0 radical (unpaired) electrons. The lowest BCUT2D eigenvalue weighted by atomic mass is 10.0. The smallest absolute Gasteiger partial charge is 0.242 e. The van der Waals surface area contributed by atoms with Crippen LogP contribution in [0, 0.1) is 18.3 Å². The van der Waals surface area contributed by atoms with Gasteiger partial charge in [0.15, 0.2) is 0 Å². The average molecular weight is 251 g/mol. The van der Waals surface area contributed by atoms with Gasteiger partial charge in [-0.3, -0.25) is 9.69 Å². The van der Waals surface area contributed by atoms with Crippen molar-refractivity contribution in [3.05, 3.63) is 29.3 Å². The maximum atomic E-state index is 11.8. The molecule has 1 aromatic carbocycles. The summed E-state index contributed by atoms with van der Waals surface area (Å²) in [4.78, 5) is 13.2. The van der Waals surface area contributed by atoms with E-state index in [9.17, 15) is 4.79 Å². The lowest BCUT2D eigenvalue weighted by Gasteiger charge is -2.23. The molecule has 0 N–H and O–H groups in total. The summed E-state index contributed by atoms with van der Waals surface area (Å²) in [6.07, 6.45) is 0.814. The SMILES string of the molecule is CCc1cccc(C)c1N(CC#N)C(=O)CCl. The third-order valence-electron chi connectivity index (χ3n) is 2.62. The van der Waals surface area contributed by atoms with Crippen molar-refractivity contribution in [3.63, 3.8) is 0 Å². The first kappa shape index (κ1) is 13.5. The molecular formula is C13H15ClN2O. The van der Waals surface area contributed by atoms with Crippen molar-refractivity contribution >= 4 is 23.2 Å². The molecule has 0 fully saturated rings. The van der Waals surface area contributed by atoms with Crippen molar-refractivity contribution in [3.8, 4) is 6.07 Å². The van der Waals surface area contributed by atoms with Crippen molar-refractivity contribution in [1.82, 2.24) is 0 Å². The van der Waals surface area contributed by atoms with Gasteiger partial charge >= 0.3 is 0 Å². The molecular weight excluding hydrogens is 236 g/mol. The van der Waals surface area contributed by atoms with E-state index in [0.717, 1.165) is 23.2 Å². The van der Waals surface area contributed by atoms with E-state index in [1.54, 1.807) is 0 Å². The number of aryl methyl sites for hydroxylation is 2. The number of alkyl halides is 1. The molecule has 1 amide bonds. The number of amides is 1. The van der Waals surface area contributed by atoms with Crippen molar-refractivity contribution in [1.29, 1.82) is 5.26 Å². The number of nitriles is 1. The summed E-state index contributed by atoms with van der Waals surface area (Å²) < 4.78 is 0. The lowest BCUT2D eigenvalue weighted by molar-refractivity contribution is -0.116. The van der Waals surface area contributed by atoms with Crippen LogP contribution in [0.5, 0.6) is 0 Å². The second-order valence-electron chi connectivity index (χ2n) is 3.71. The molecule has 0 heterocycles. The minimum Gasteiger partial charge on any atom is -0.297 e. The fourth-order valence-electron chi connectivity index (χ4n) is 1.83. The number of rotatable bonds is 4. The summed E-state index contributed by atoms with van der Waals surface area (Å²) in [5, 5.41) is 8.81. The van der Waals surface area contributed by atoms with Crippen molar-refractivity contribution in [2.24, 2.45) is 0 Å². The number of hydrogen-bond donors (Lipinski definition) is 0. The number of hydrogen-bond acceptors (Lipinski definition) is 2. The molecule has 3 nitrogen and oxygen atoms in total. The van der Waals surface area contributed by atoms with Crippen LogP contribution in [0.4, 0.5) is 5.69 Å². The molecule has 0 unspecified atom stereocenters. The fraction of sp³-hybridized carbons (Fsp3) is 0.385. The van der Waals surface area contributed by atoms with Crippen LogP contribution in [0.25, 0.3) is 0 Å². The summed E-state index contributed by atoms with van der Waals surface area (Å²) >= 11 is 5.58. The molecule has 4 heteroatoms. The molecule has 0 saturated carbocycles. The van der Waals surface area contributed by atoms with E-state index < -0.39 is 0 Å². The summed E-state index contributed by atoms with van der Waals surface area (Å²) in [7, 11) is 0. The zero-order valence-electron chi connectivity index (χ0n) is 10.0. The predicted molar refractivity (Wildman–Crippen MR) is 69.2 cm³/mol. The Morgan fingerprint density at radius 1 is 1.53 bits per heavy atom. The van der Waals surface area contributed by atoms with E-state index in [1.807, 2.05) is 38.1 Å². The quantitative estimate of drug-likeness (QED) is 0.609. The van der Waals surface area contributed by atoms with E-state index in [2.05, 4.69) is 0 Å². The van der Waals surface area contributed by atoms with Gasteiger partial charge in [-0.1, -0.05) is 25.1 Å². The van der Waals surface area contributed by atoms with Crippen LogP contribution in [0.3, 0.4) is 0 Å². The highest BCUT2D eigenvalue weighted by Gasteiger charge is 2.18. The minimum absolute atomic E-state index is 0.0312. The number of para-hydroxylation sites is 1. The van der Waals surface area contributed by atoms with Crippen LogP contribution in [0.1, 0.15) is 18.1 Å². The number of benzene rings is 1. The van der Waals surface area contributed by atoms with Crippen LogP contribution in [0.15, 0.2) is 18.2 Å². The Labute approximate surface area is 107 Å². The van der Waals surface area contributed by atoms with Gasteiger partial charge in [0.05, 0.1) is 11.8 Å². The second kappa shape index (κ2) is 6.27. The van der Waals surface area contributed by atoms with Crippen molar-refractivity contribution < 1.29 is 4.79 Å². The molecule has 0 spiro atoms. The fourth-order valence-corrected chi connectivity index (χ4v) is 1.97. The molecule has 0 bridgehead atoms. The summed E-state index contributed by atoms with van der Waals surface area (Å²) in [5.41, 5.74) is 2.86. The normalized spacial score (nSPS) is 9.76. The molecule has 1 aromatic rings. The highest BCUT2D eigenvalue weighted by Crippen LogP contribution is 2.25. The van der Waals surface area contributed by atoms with E-state index in [-0.39, 0.29) is 18.3 Å². The Morgan fingerprint density at radius 3 is 2.76 bits per heavy atom. The molecule has 1 rings (SSSR count). The molecule has 90 valence electrons. The predicted octanol–water partition coefficient (Wildman–Crippen LogP) is 2.65. The van der Waals surface area contributed by atoms with Crippen LogP contribution in [-0.4, -0.2) is 18.3 Å². The average Bonchev–Trinajstić information content (AvgIpc) is 2.35. The molecule has 0 aliphatic heterocycles. The van der Waals surface area contributed by atoms with Gasteiger partial charge in [-0.2, -0.15) is 5.26 Å². The molecule has 0 saturated heterocycles. The Kier molecular flexibility index (Phi) is 4.99. The minimum atomic E-state index is -0.239. The van der Waals surface area contributed by atoms with Gasteiger partial charge in [0, 0.05) is 0 Å². The number of halogens is 1. The van der Waals surface area contributed by atoms with Crippen LogP contribution >= 0.6 is 11.6 Å². The number of carbonyl (C=O) groups is 1. The maximum absolute atomic E-state index is 11.8. The first-order chi connectivity index (χ1) is 8.15. The number of nitrogens with zero attached hydrogens (tertiary/aromatic N) is 2. The Hall–Kier alpha value is -1.53. The standard InChI is InChI=1S/C13H15ClN2O/c1-3-11-6-4-5-10(2)13(11)16(8-7-15)12(17)9-14/h4-6H,3,8-9H2,1-2H3. The van der Waals surface area contributed by atoms with Gasteiger partial charge < -0.3 is 0 Å². The third kappa shape index (κ3) is 2.98. The Balaban J connectivity index is 3.27. The zero-order chi connectivity index (χ0) is 12.8. The van der Waals surface area contributed by atoms with Gasteiger partial charge in [0.1, 0.15) is 12.4 Å².